The molecule has 68 heavy (non-hydrogen) atoms. The van der Waals surface area contributed by atoms with Gasteiger partial charge in [0.1, 0.15) is 12.1 Å². The summed E-state index contributed by atoms with van der Waals surface area (Å²) in [6.45, 7) is 1.53. The number of nitrogens with two attached hydrogens (primary N) is 1. The predicted molar refractivity (Wildman–Crippen MR) is 256 cm³/mol. The van der Waals surface area contributed by atoms with Gasteiger partial charge >= 0.3 is 0 Å². The number of fused-ring (bicyclic) bond motifs is 3. The second kappa shape index (κ2) is 23.0. The van der Waals surface area contributed by atoms with E-state index in [0.29, 0.717) is 50.1 Å². The molecular weight excluding hydrogens is 861 g/mol. The van der Waals surface area contributed by atoms with Crippen molar-refractivity contribution in [2.75, 3.05) is 45.9 Å². The molecular formula is C53H60N8O7. The summed E-state index contributed by atoms with van der Waals surface area (Å²) < 4.78 is 5.37. The molecule has 1 saturated heterocycles. The molecule has 4 aromatic carbocycles. The van der Waals surface area contributed by atoms with Crippen LogP contribution >= 0.6 is 0 Å². The highest BCUT2D eigenvalue weighted by Crippen LogP contribution is 2.47. The molecule has 1 aliphatic carbocycles. The van der Waals surface area contributed by atoms with Crippen LogP contribution in [0.1, 0.15) is 59.9 Å². The molecule has 4 aromatic rings. The smallest absolute Gasteiger partial charge is 0.246 e. The maximum absolute atomic E-state index is 15.0. The Balaban J connectivity index is 1.17. The van der Waals surface area contributed by atoms with Crippen LogP contribution in [0.15, 0.2) is 115 Å². The van der Waals surface area contributed by atoms with Crippen LogP contribution in [-0.4, -0.2) is 98.4 Å². The molecule has 15 nitrogen and oxygen atoms in total. The fraction of sp³-hybridized carbons (Fsp3) is 0.377. The summed E-state index contributed by atoms with van der Waals surface area (Å²) in [6.07, 6.45) is 5.37. The number of carbonyl (C=O) groups excluding carboxylic acids is 6. The number of nitrogens with one attached hydrogen (secondary N) is 5. The SMILES string of the molecule is N#CC1(c2ccc(-c3ccc(C[C@@H]4NC(=O)[C@]5(Cc6ccccc6)CCCN(C5)C(=O)/C=C/C(=O)NCC[C@@H](C(=O)NCCOCCN)NC(=O)Cc5ccccc5CNC4=O)cc3)cc2)CC1. The number of piperidine rings is 1. The molecule has 0 radical (unpaired) electrons. The van der Waals surface area contributed by atoms with E-state index in [1.54, 1.807) is 23.1 Å². The number of hydrogen-bond acceptors (Lipinski definition) is 9. The van der Waals surface area contributed by atoms with Gasteiger partial charge in [0.05, 0.1) is 36.5 Å². The molecule has 354 valence electrons. The van der Waals surface area contributed by atoms with Crippen molar-refractivity contribution >= 4 is 35.4 Å². The summed E-state index contributed by atoms with van der Waals surface area (Å²) in [5, 5.41) is 24.1. The van der Waals surface area contributed by atoms with E-state index in [4.69, 9.17) is 10.5 Å². The average Bonchev–Trinajstić information content (AvgIpc) is 4.16. The molecule has 15 heteroatoms. The summed E-state index contributed by atoms with van der Waals surface area (Å²) in [7, 11) is 0. The maximum Gasteiger partial charge on any atom is 0.246 e. The summed E-state index contributed by atoms with van der Waals surface area (Å²) in [4.78, 5) is 84.7. The van der Waals surface area contributed by atoms with E-state index >= 15 is 0 Å². The summed E-state index contributed by atoms with van der Waals surface area (Å²) >= 11 is 0. The molecule has 2 heterocycles. The first-order valence-electron chi connectivity index (χ1n) is 23.4. The number of nitrogens with zero attached hydrogens (tertiary/aromatic N) is 2. The molecule has 2 bridgehead atoms. The lowest BCUT2D eigenvalue weighted by atomic mass is 9.74. The van der Waals surface area contributed by atoms with Gasteiger partial charge in [-0.25, -0.2) is 0 Å². The van der Waals surface area contributed by atoms with Crippen molar-refractivity contribution in [3.05, 3.63) is 143 Å². The zero-order chi connectivity index (χ0) is 47.9. The average molecular weight is 921 g/mol. The Kier molecular flexibility index (Phi) is 16.5. The van der Waals surface area contributed by atoms with E-state index in [2.05, 4.69) is 32.7 Å². The number of hydrogen-bond donors (Lipinski definition) is 6. The minimum Gasteiger partial charge on any atom is -0.378 e. The summed E-state index contributed by atoms with van der Waals surface area (Å²) in [5.41, 5.74) is 9.94. The van der Waals surface area contributed by atoms with E-state index < -0.39 is 47.0 Å². The number of carbonyl (C=O) groups is 6. The molecule has 6 amide bonds. The van der Waals surface area contributed by atoms with E-state index in [1.165, 1.54) is 6.08 Å². The van der Waals surface area contributed by atoms with Crippen LogP contribution in [0.2, 0.25) is 0 Å². The first-order valence-corrected chi connectivity index (χ1v) is 23.4. The van der Waals surface area contributed by atoms with Gasteiger partial charge in [-0.05, 0) is 77.5 Å². The van der Waals surface area contributed by atoms with Gasteiger partial charge in [0.2, 0.25) is 35.4 Å². The van der Waals surface area contributed by atoms with E-state index in [9.17, 15) is 34.0 Å². The highest BCUT2D eigenvalue weighted by Gasteiger charge is 2.45. The van der Waals surface area contributed by atoms with Crippen molar-refractivity contribution < 1.29 is 33.5 Å². The fourth-order valence-corrected chi connectivity index (χ4v) is 8.98. The molecule has 7 N–H and O–H groups in total. The van der Waals surface area contributed by atoms with Crippen LogP contribution in [0.5, 0.6) is 0 Å². The maximum atomic E-state index is 15.0. The van der Waals surface area contributed by atoms with Gasteiger partial charge < -0.3 is 42.0 Å². The van der Waals surface area contributed by atoms with Gasteiger partial charge in [0.25, 0.3) is 0 Å². The second-order valence-corrected chi connectivity index (χ2v) is 17.9. The number of nitriles is 1. The van der Waals surface area contributed by atoms with Crippen LogP contribution in [0.3, 0.4) is 0 Å². The third-order valence-electron chi connectivity index (χ3n) is 13.0. The summed E-state index contributed by atoms with van der Waals surface area (Å²) in [6, 6.07) is 33.0. The lowest BCUT2D eigenvalue weighted by molar-refractivity contribution is -0.141. The van der Waals surface area contributed by atoms with Gasteiger partial charge in [0, 0.05) is 57.8 Å². The van der Waals surface area contributed by atoms with Crippen LogP contribution in [0, 0.1) is 16.7 Å². The standard InChI is InChI=1S/C53H60N8O7/c54-25-29-68-30-27-57-49(65)44-21-26-56-46(62)19-20-48(64)61-28-6-22-53(36-61,33-38-7-2-1-3-8-38)51(67)60-45(50(66)58-34-42-10-5-4-9-41(42)32-47(63)59-44)31-37-11-13-39(14-12-37)40-15-17-43(18-16-40)52(35-55)23-24-52/h1-5,7-20,44-45H,6,21-34,36,54H2,(H,56,62)(H,57,65)(H,58,66)(H,59,63)(H,60,67)/b20-19+/t44-,45-,53-/m0/s1. The first-order chi connectivity index (χ1) is 33.0. The molecule has 1 saturated carbocycles. The Morgan fingerprint density at radius 2 is 1.51 bits per heavy atom. The van der Waals surface area contributed by atoms with Crippen molar-refractivity contribution in [2.45, 2.75) is 75.4 Å². The van der Waals surface area contributed by atoms with Crippen LogP contribution in [-0.2, 0) is 64.7 Å². The lowest BCUT2D eigenvalue weighted by Gasteiger charge is -2.42. The Morgan fingerprint density at radius 1 is 0.809 bits per heavy atom. The fourth-order valence-electron chi connectivity index (χ4n) is 8.98. The van der Waals surface area contributed by atoms with E-state index in [-0.39, 0.29) is 63.4 Å². The summed E-state index contributed by atoms with van der Waals surface area (Å²) in [5.74, 6) is -2.75. The molecule has 0 aromatic heterocycles. The van der Waals surface area contributed by atoms with E-state index in [0.717, 1.165) is 46.7 Å². The Hall–Kier alpha value is -7.15. The van der Waals surface area contributed by atoms with Gasteiger partial charge in [0.15, 0.2) is 0 Å². The third-order valence-corrected chi connectivity index (χ3v) is 13.0. The molecule has 3 aliphatic rings. The zero-order valence-electron chi connectivity index (χ0n) is 38.3. The quantitative estimate of drug-likeness (QED) is 0.115. The van der Waals surface area contributed by atoms with Crippen molar-refractivity contribution in [3.63, 3.8) is 0 Å². The molecule has 7 rings (SSSR count). The van der Waals surface area contributed by atoms with Gasteiger partial charge in [-0.1, -0.05) is 103 Å². The minimum atomic E-state index is -1.12. The van der Waals surface area contributed by atoms with Gasteiger partial charge in [-0.3, -0.25) is 28.8 Å². The third kappa shape index (κ3) is 12.8. The number of amides is 6. The highest BCUT2D eigenvalue weighted by molar-refractivity contribution is 5.97. The monoisotopic (exact) mass is 920 g/mol. The number of ether oxygens (including phenoxy) is 1. The zero-order valence-corrected chi connectivity index (χ0v) is 38.3. The van der Waals surface area contributed by atoms with Gasteiger partial charge in [-0.15, -0.1) is 0 Å². The topological polar surface area (TPSA) is 225 Å². The molecule has 0 unspecified atom stereocenters. The highest BCUT2D eigenvalue weighted by atomic mass is 16.5. The van der Waals surface area contributed by atoms with Crippen molar-refractivity contribution in [1.29, 1.82) is 5.26 Å². The van der Waals surface area contributed by atoms with Crippen molar-refractivity contribution in [2.24, 2.45) is 11.1 Å². The molecule has 2 aliphatic heterocycles. The van der Waals surface area contributed by atoms with Crippen LogP contribution < -0.4 is 32.3 Å². The Bertz CT molecular complexity index is 2500. The van der Waals surface area contributed by atoms with Crippen molar-refractivity contribution in [3.8, 4) is 17.2 Å². The number of rotatable bonds is 12. The molecule has 2 fully saturated rings. The van der Waals surface area contributed by atoms with E-state index in [1.807, 2.05) is 84.9 Å². The minimum absolute atomic E-state index is 0.00986. The first kappa shape index (κ1) is 48.8. The van der Waals surface area contributed by atoms with Crippen molar-refractivity contribution in [1.82, 2.24) is 31.5 Å². The predicted octanol–water partition coefficient (Wildman–Crippen LogP) is 3.30. The van der Waals surface area contributed by atoms with Crippen LogP contribution in [0.4, 0.5) is 0 Å². The Labute approximate surface area is 397 Å². The number of benzene rings is 4. The molecule has 0 spiro atoms. The second-order valence-electron chi connectivity index (χ2n) is 17.9. The Morgan fingerprint density at radius 3 is 2.22 bits per heavy atom. The largest absolute Gasteiger partial charge is 0.378 e. The normalized spacial score (nSPS) is 21.8. The lowest BCUT2D eigenvalue weighted by Crippen LogP contribution is -2.58. The van der Waals surface area contributed by atoms with Gasteiger partial charge in [-0.2, -0.15) is 5.26 Å². The molecule has 3 atom stereocenters. The van der Waals surface area contributed by atoms with Crippen LogP contribution in [0.25, 0.3) is 11.1 Å².